The van der Waals surface area contributed by atoms with Crippen LogP contribution in [0.25, 0.3) is 0 Å². The summed E-state index contributed by atoms with van der Waals surface area (Å²) in [5.41, 5.74) is 2.76. The van der Waals surface area contributed by atoms with E-state index in [1.165, 1.54) is 0 Å². The number of nitrogens with one attached hydrogen (secondary N) is 1. The molecule has 1 N–H and O–H groups in total. The molecule has 0 radical (unpaired) electrons. The van der Waals surface area contributed by atoms with Crippen molar-refractivity contribution in [1.29, 1.82) is 0 Å². The van der Waals surface area contributed by atoms with E-state index in [-0.39, 0.29) is 5.91 Å². The van der Waals surface area contributed by atoms with Gasteiger partial charge in [0.2, 0.25) is 0 Å². The molecule has 0 bridgehead atoms. The normalized spacial score (nSPS) is 11.9. The maximum absolute atomic E-state index is 12.9. The minimum atomic E-state index is -0.495. The second-order valence-electron chi connectivity index (χ2n) is 5.25. The molecule has 2 aromatic carbocycles. The van der Waals surface area contributed by atoms with Crippen LogP contribution < -0.4 is 5.32 Å². The lowest BCUT2D eigenvalue weighted by molar-refractivity contribution is -0.118. The minimum Gasteiger partial charge on any atom is -0.324 e. The zero-order chi connectivity index (χ0) is 16.2. The van der Waals surface area contributed by atoms with Gasteiger partial charge in [0.25, 0.3) is 5.91 Å². The zero-order valence-electron chi connectivity index (χ0n) is 12.6. The van der Waals surface area contributed by atoms with E-state index < -0.39 is 6.04 Å². The van der Waals surface area contributed by atoms with Gasteiger partial charge in [-0.15, -0.1) is 0 Å². The number of amides is 1. The Morgan fingerprint density at radius 2 is 1.96 bits per heavy atom. The van der Waals surface area contributed by atoms with Gasteiger partial charge in [-0.1, -0.05) is 30.3 Å². The molecule has 0 saturated heterocycles. The molecule has 0 saturated carbocycles. The number of carbonyl (C=O) groups excluding carboxylic acids is 1. The fraction of sp³-hybridized carbons (Fsp3) is 0.111. The van der Waals surface area contributed by atoms with E-state index in [0.29, 0.717) is 0 Å². The summed E-state index contributed by atoms with van der Waals surface area (Å²) in [5.74, 6) is -0.107. The van der Waals surface area contributed by atoms with Crippen LogP contribution in [-0.4, -0.2) is 15.7 Å². The van der Waals surface area contributed by atoms with Crippen LogP contribution in [0.2, 0.25) is 0 Å². The number of benzene rings is 2. The van der Waals surface area contributed by atoms with Gasteiger partial charge in [-0.3, -0.25) is 9.48 Å². The summed E-state index contributed by atoms with van der Waals surface area (Å²) in [7, 11) is 0. The number of aromatic nitrogens is 2. The molecule has 116 valence electrons. The third kappa shape index (κ3) is 3.61. The van der Waals surface area contributed by atoms with Gasteiger partial charge in [0.15, 0.2) is 6.04 Å². The molecular formula is C18H16IN3O. The van der Waals surface area contributed by atoms with E-state index >= 15 is 0 Å². The van der Waals surface area contributed by atoms with E-state index in [9.17, 15) is 4.79 Å². The largest absolute Gasteiger partial charge is 0.324 e. The highest BCUT2D eigenvalue weighted by Gasteiger charge is 2.23. The summed E-state index contributed by atoms with van der Waals surface area (Å²) in [5, 5.41) is 7.27. The average molecular weight is 417 g/mol. The van der Waals surface area contributed by atoms with Crippen LogP contribution in [-0.2, 0) is 4.79 Å². The van der Waals surface area contributed by atoms with Gasteiger partial charge in [0.05, 0.1) is 0 Å². The maximum Gasteiger partial charge on any atom is 0.253 e. The monoisotopic (exact) mass is 417 g/mol. The zero-order valence-corrected chi connectivity index (χ0v) is 14.8. The molecule has 1 amide bonds. The van der Waals surface area contributed by atoms with Crippen molar-refractivity contribution in [2.75, 3.05) is 5.32 Å². The van der Waals surface area contributed by atoms with Crippen LogP contribution in [0.1, 0.15) is 17.2 Å². The first-order valence-corrected chi connectivity index (χ1v) is 8.34. The summed E-state index contributed by atoms with van der Waals surface area (Å²) < 4.78 is 2.82. The molecule has 0 spiro atoms. The summed E-state index contributed by atoms with van der Waals surface area (Å²) >= 11 is 2.26. The van der Waals surface area contributed by atoms with E-state index in [1.54, 1.807) is 17.1 Å². The Morgan fingerprint density at radius 1 is 1.17 bits per heavy atom. The first kappa shape index (κ1) is 15.7. The number of carbonyl (C=O) groups is 1. The number of aryl methyl sites for hydroxylation is 1. The molecule has 1 unspecified atom stereocenters. The van der Waals surface area contributed by atoms with Crippen LogP contribution in [0.15, 0.2) is 67.0 Å². The lowest BCUT2D eigenvalue weighted by Crippen LogP contribution is -2.27. The molecule has 23 heavy (non-hydrogen) atoms. The van der Waals surface area contributed by atoms with Gasteiger partial charge >= 0.3 is 0 Å². The number of rotatable bonds is 4. The average Bonchev–Trinajstić information content (AvgIpc) is 3.05. The van der Waals surface area contributed by atoms with Crippen LogP contribution in [0.3, 0.4) is 0 Å². The fourth-order valence-corrected chi connectivity index (χ4v) is 3.11. The molecule has 0 aliphatic rings. The van der Waals surface area contributed by atoms with Crippen molar-refractivity contribution >= 4 is 34.2 Å². The molecule has 1 aromatic heterocycles. The van der Waals surface area contributed by atoms with Crippen LogP contribution in [0.4, 0.5) is 5.69 Å². The molecule has 4 nitrogen and oxygen atoms in total. The van der Waals surface area contributed by atoms with Crippen LogP contribution >= 0.6 is 22.6 Å². The second-order valence-corrected chi connectivity index (χ2v) is 6.49. The Balaban J connectivity index is 1.92. The quantitative estimate of drug-likeness (QED) is 0.652. The first-order chi connectivity index (χ1) is 11.1. The van der Waals surface area contributed by atoms with Crippen molar-refractivity contribution in [1.82, 2.24) is 9.78 Å². The van der Waals surface area contributed by atoms with Gasteiger partial charge in [0, 0.05) is 21.7 Å². The van der Waals surface area contributed by atoms with Crippen LogP contribution in [0.5, 0.6) is 0 Å². The number of nitrogens with zero attached hydrogens (tertiary/aromatic N) is 2. The predicted octanol–water partition coefficient (Wildman–Crippen LogP) is 4.02. The van der Waals surface area contributed by atoms with Crippen molar-refractivity contribution in [3.8, 4) is 0 Å². The van der Waals surface area contributed by atoms with Gasteiger partial charge in [-0.05, 0) is 64.9 Å². The lowest BCUT2D eigenvalue weighted by atomic mass is 10.1. The number of anilines is 1. The lowest BCUT2D eigenvalue weighted by Gasteiger charge is -2.18. The molecule has 0 aliphatic carbocycles. The molecule has 1 atom stereocenters. The highest BCUT2D eigenvalue weighted by molar-refractivity contribution is 14.1. The van der Waals surface area contributed by atoms with Crippen molar-refractivity contribution in [2.24, 2.45) is 0 Å². The van der Waals surface area contributed by atoms with Gasteiger partial charge in [0.1, 0.15) is 0 Å². The first-order valence-electron chi connectivity index (χ1n) is 7.26. The Bertz CT molecular complexity index is 800. The highest BCUT2D eigenvalue weighted by atomic mass is 127. The fourth-order valence-electron chi connectivity index (χ4n) is 2.46. The van der Waals surface area contributed by atoms with Gasteiger partial charge in [-0.25, -0.2) is 0 Å². The third-order valence-electron chi connectivity index (χ3n) is 3.60. The Kier molecular flexibility index (Phi) is 4.76. The molecule has 0 aliphatic heterocycles. The summed E-state index contributed by atoms with van der Waals surface area (Å²) in [4.78, 5) is 12.9. The number of hydrogen-bond acceptors (Lipinski definition) is 2. The Morgan fingerprint density at radius 3 is 2.61 bits per heavy atom. The number of halogens is 1. The molecule has 3 aromatic rings. The minimum absolute atomic E-state index is 0.107. The molecule has 0 fully saturated rings. The van der Waals surface area contributed by atoms with Crippen LogP contribution in [0, 0.1) is 10.5 Å². The van der Waals surface area contributed by atoms with E-state index in [2.05, 4.69) is 33.0 Å². The second kappa shape index (κ2) is 6.95. The van der Waals surface area contributed by atoms with Gasteiger partial charge < -0.3 is 5.32 Å². The summed E-state index contributed by atoms with van der Waals surface area (Å²) in [6.45, 7) is 1.99. The summed E-state index contributed by atoms with van der Waals surface area (Å²) in [6.07, 6.45) is 3.48. The maximum atomic E-state index is 12.9. The van der Waals surface area contributed by atoms with E-state index in [4.69, 9.17) is 0 Å². The van der Waals surface area contributed by atoms with E-state index in [1.807, 2.05) is 61.5 Å². The van der Waals surface area contributed by atoms with E-state index in [0.717, 1.165) is 20.4 Å². The van der Waals surface area contributed by atoms with Crippen molar-refractivity contribution in [2.45, 2.75) is 13.0 Å². The molecule has 3 rings (SSSR count). The molecule has 5 heteroatoms. The Hall–Kier alpha value is -2.15. The molecule has 1 heterocycles. The molecular weight excluding hydrogens is 401 g/mol. The van der Waals surface area contributed by atoms with Crippen molar-refractivity contribution in [3.05, 3.63) is 81.7 Å². The third-order valence-corrected chi connectivity index (χ3v) is 4.27. The Labute approximate surface area is 148 Å². The standard InChI is InChI=1S/C18H16IN3O/c1-13-12-15(19)8-9-16(13)21-18(23)17(22-11-5-10-20-22)14-6-3-2-4-7-14/h2-12,17H,1H3,(H,21,23). The van der Waals surface area contributed by atoms with Crippen molar-refractivity contribution < 1.29 is 4.79 Å². The van der Waals surface area contributed by atoms with Crippen molar-refractivity contribution in [3.63, 3.8) is 0 Å². The highest BCUT2D eigenvalue weighted by Crippen LogP contribution is 2.22. The van der Waals surface area contributed by atoms with Gasteiger partial charge in [-0.2, -0.15) is 5.10 Å². The summed E-state index contributed by atoms with van der Waals surface area (Å²) in [6, 6.07) is 16.9. The topological polar surface area (TPSA) is 46.9 Å². The SMILES string of the molecule is Cc1cc(I)ccc1NC(=O)C(c1ccccc1)n1cccn1. The predicted molar refractivity (Wildman–Crippen MR) is 99.3 cm³/mol. The number of hydrogen-bond donors (Lipinski definition) is 1. The smallest absolute Gasteiger partial charge is 0.253 e.